The minimum Gasteiger partial charge on any atom is -0.486 e. The number of fused-ring (bicyclic) bond motifs is 1. The molecule has 1 atom stereocenters. The number of hydrogen-bond acceptors (Lipinski definition) is 4. The van der Waals surface area contributed by atoms with E-state index in [0.717, 1.165) is 17.2 Å². The van der Waals surface area contributed by atoms with Gasteiger partial charge in [0.25, 0.3) is 0 Å². The van der Waals surface area contributed by atoms with Crippen LogP contribution in [-0.4, -0.2) is 24.9 Å². The van der Waals surface area contributed by atoms with Crippen molar-refractivity contribution in [2.75, 3.05) is 24.3 Å². The molecule has 1 heterocycles. The second-order valence-corrected chi connectivity index (χ2v) is 7.03. The third kappa shape index (κ3) is 4.45. The minimum absolute atomic E-state index is 0.0134. The monoisotopic (exact) mass is 343 g/mol. The van der Waals surface area contributed by atoms with Crippen LogP contribution in [0.15, 0.2) is 48.5 Å². The summed E-state index contributed by atoms with van der Waals surface area (Å²) in [6, 6.07) is 15.8. The van der Waals surface area contributed by atoms with Crippen LogP contribution in [0, 0.1) is 0 Å². The van der Waals surface area contributed by atoms with E-state index in [1.165, 1.54) is 5.56 Å². The van der Waals surface area contributed by atoms with Crippen LogP contribution in [0.25, 0.3) is 0 Å². The maximum absolute atomic E-state index is 12.1. The van der Waals surface area contributed by atoms with Crippen LogP contribution in [0.2, 0.25) is 0 Å². The molecule has 1 aliphatic heterocycles. The molecule has 1 amide bonds. The Morgan fingerprint density at radius 1 is 1.12 bits per heavy atom. The summed E-state index contributed by atoms with van der Waals surface area (Å²) in [6.45, 7) is 3.27. The van der Waals surface area contributed by atoms with Gasteiger partial charge in [0.15, 0.2) is 11.5 Å². The average Bonchev–Trinajstić information content (AvgIpc) is 2.62. The van der Waals surface area contributed by atoms with Gasteiger partial charge in [-0.3, -0.25) is 4.79 Å². The van der Waals surface area contributed by atoms with Crippen LogP contribution < -0.4 is 14.8 Å². The van der Waals surface area contributed by atoms with Crippen molar-refractivity contribution in [3.05, 3.63) is 54.1 Å². The van der Waals surface area contributed by atoms with Crippen LogP contribution in [0.3, 0.4) is 0 Å². The quantitative estimate of drug-likeness (QED) is 0.850. The maximum Gasteiger partial charge on any atom is 0.225 e. The first kappa shape index (κ1) is 16.7. The number of hydrogen-bond donors (Lipinski definition) is 1. The molecule has 24 heavy (non-hydrogen) atoms. The summed E-state index contributed by atoms with van der Waals surface area (Å²) >= 11 is 1.79. The number of carbonyl (C=O) groups is 1. The van der Waals surface area contributed by atoms with Crippen molar-refractivity contribution in [1.82, 2.24) is 0 Å². The number of rotatable bonds is 6. The zero-order chi connectivity index (χ0) is 16.8. The summed E-state index contributed by atoms with van der Waals surface area (Å²) in [5.41, 5.74) is 2.03. The van der Waals surface area contributed by atoms with E-state index >= 15 is 0 Å². The van der Waals surface area contributed by atoms with Gasteiger partial charge in [-0.05, 0) is 24.6 Å². The molecule has 0 aliphatic carbocycles. The molecule has 2 aromatic carbocycles. The van der Waals surface area contributed by atoms with Crippen molar-refractivity contribution in [3.8, 4) is 11.5 Å². The normalized spacial score (nSPS) is 14.0. The van der Waals surface area contributed by atoms with Crippen molar-refractivity contribution in [1.29, 1.82) is 0 Å². The summed E-state index contributed by atoms with van der Waals surface area (Å²) in [5, 5.41) is 3.30. The molecule has 0 saturated carbocycles. The van der Waals surface area contributed by atoms with Gasteiger partial charge < -0.3 is 14.8 Å². The third-order valence-electron chi connectivity index (χ3n) is 3.79. The van der Waals surface area contributed by atoms with Crippen molar-refractivity contribution in [3.63, 3.8) is 0 Å². The van der Waals surface area contributed by atoms with Crippen LogP contribution in [-0.2, 0) is 4.79 Å². The molecule has 0 bridgehead atoms. The molecule has 2 aromatic rings. The van der Waals surface area contributed by atoms with E-state index < -0.39 is 0 Å². The van der Waals surface area contributed by atoms with E-state index in [1.54, 1.807) is 11.8 Å². The van der Waals surface area contributed by atoms with E-state index in [4.69, 9.17) is 9.47 Å². The van der Waals surface area contributed by atoms with E-state index in [1.807, 2.05) is 36.4 Å². The SMILES string of the molecule is C[C@H](SCCC(=O)Nc1ccc2c(c1)OCCO2)c1ccccc1. The van der Waals surface area contributed by atoms with Gasteiger partial charge in [0.1, 0.15) is 13.2 Å². The largest absolute Gasteiger partial charge is 0.486 e. The highest BCUT2D eigenvalue weighted by Gasteiger charge is 2.13. The number of thioether (sulfide) groups is 1. The van der Waals surface area contributed by atoms with E-state index in [-0.39, 0.29) is 5.91 Å². The highest BCUT2D eigenvalue weighted by atomic mass is 32.2. The molecule has 1 aliphatic rings. The number of anilines is 1. The maximum atomic E-state index is 12.1. The summed E-state index contributed by atoms with van der Waals surface area (Å²) in [4.78, 5) is 12.1. The Labute approximate surface area is 146 Å². The average molecular weight is 343 g/mol. The molecule has 0 saturated heterocycles. The number of ether oxygens (including phenoxy) is 2. The Bertz CT molecular complexity index is 690. The fourth-order valence-corrected chi connectivity index (χ4v) is 3.50. The standard InChI is InChI=1S/C19H21NO3S/c1-14(15-5-3-2-4-6-15)24-12-9-19(21)20-16-7-8-17-18(13-16)23-11-10-22-17/h2-8,13-14H,9-12H2,1H3,(H,20,21)/t14-/m0/s1. The van der Waals surface area contributed by atoms with Gasteiger partial charge in [-0.25, -0.2) is 0 Å². The lowest BCUT2D eigenvalue weighted by Crippen LogP contribution is -2.16. The summed E-state index contributed by atoms with van der Waals surface area (Å²) in [6.07, 6.45) is 0.482. The van der Waals surface area contributed by atoms with Gasteiger partial charge in [0.2, 0.25) is 5.91 Å². The summed E-state index contributed by atoms with van der Waals surface area (Å²) < 4.78 is 11.0. The first-order chi connectivity index (χ1) is 11.7. The molecule has 0 unspecified atom stereocenters. The minimum atomic E-state index is 0.0134. The van der Waals surface area contributed by atoms with Crippen LogP contribution in [0.4, 0.5) is 5.69 Å². The third-order valence-corrected chi connectivity index (χ3v) is 5.00. The molecule has 0 spiro atoms. The Balaban J connectivity index is 1.46. The Hall–Kier alpha value is -2.14. The van der Waals surface area contributed by atoms with Crippen molar-refractivity contribution in [2.24, 2.45) is 0 Å². The smallest absolute Gasteiger partial charge is 0.225 e. The van der Waals surface area contributed by atoms with Gasteiger partial charge in [0.05, 0.1) is 0 Å². The second kappa shape index (κ2) is 8.11. The van der Waals surface area contributed by atoms with Gasteiger partial charge in [-0.15, -0.1) is 0 Å². The van der Waals surface area contributed by atoms with Crippen LogP contribution >= 0.6 is 11.8 Å². The zero-order valence-corrected chi connectivity index (χ0v) is 14.5. The molecular formula is C19H21NO3S. The molecular weight excluding hydrogens is 322 g/mol. The molecule has 3 rings (SSSR count). The molecule has 0 aromatic heterocycles. The number of benzene rings is 2. The lowest BCUT2D eigenvalue weighted by molar-refractivity contribution is -0.115. The lowest BCUT2D eigenvalue weighted by atomic mass is 10.2. The van der Waals surface area contributed by atoms with Gasteiger partial charge in [-0.1, -0.05) is 30.3 Å². The predicted molar refractivity (Wildman–Crippen MR) is 98.0 cm³/mol. The first-order valence-corrected chi connectivity index (χ1v) is 9.13. The zero-order valence-electron chi connectivity index (χ0n) is 13.7. The van der Waals surface area contributed by atoms with Crippen LogP contribution in [0.5, 0.6) is 11.5 Å². The van der Waals surface area contributed by atoms with Crippen molar-refractivity contribution >= 4 is 23.4 Å². The van der Waals surface area contributed by atoms with Crippen molar-refractivity contribution < 1.29 is 14.3 Å². The summed E-state index contributed by atoms with van der Waals surface area (Å²) in [5.74, 6) is 2.21. The summed E-state index contributed by atoms with van der Waals surface area (Å²) in [7, 11) is 0. The topological polar surface area (TPSA) is 47.6 Å². The fraction of sp³-hybridized carbons (Fsp3) is 0.316. The lowest BCUT2D eigenvalue weighted by Gasteiger charge is -2.19. The second-order valence-electron chi connectivity index (χ2n) is 5.58. The Morgan fingerprint density at radius 2 is 1.88 bits per heavy atom. The van der Waals surface area contributed by atoms with Crippen LogP contribution in [0.1, 0.15) is 24.2 Å². The van der Waals surface area contributed by atoms with E-state index in [9.17, 15) is 4.79 Å². The number of carbonyl (C=O) groups excluding carboxylic acids is 1. The predicted octanol–water partition coefficient (Wildman–Crippen LogP) is 4.28. The van der Waals surface area contributed by atoms with Gasteiger partial charge in [0, 0.05) is 29.2 Å². The first-order valence-electron chi connectivity index (χ1n) is 8.08. The van der Waals surface area contributed by atoms with Gasteiger partial charge in [-0.2, -0.15) is 11.8 Å². The van der Waals surface area contributed by atoms with E-state index in [0.29, 0.717) is 30.6 Å². The molecule has 0 radical (unpaired) electrons. The number of amides is 1. The molecule has 126 valence electrons. The molecule has 0 fully saturated rings. The fourth-order valence-electron chi connectivity index (χ4n) is 2.49. The molecule has 4 nitrogen and oxygen atoms in total. The molecule has 5 heteroatoms. The highest BCUT2D eigenvalue weighted by Crippen LogP contribution is 2.33. The Kier molecular flexibility index (Phi) is 5.64. The molecule has 1 N–H and O–H groups in total. The number of nitrogens with one attached hydrogen (secondary N) is 1. The highest BCUT2D eigenvalue weighted by molar-refractivity contribution is 7.99. The van der Waals surface area contributed by atoms with Crippen molar-refractivity contribution in [2.45, 2.75) is 18.6 Å². The Morgan fingerprint density at radius 3 is 2.67 bits per heavy atom. The van der Waals surface area contributed by atoms with Gasteiger partial charge >= 0.3 is 0 Å². The van der Waals surface area contributed by atoms with E-state index in [2.05, 4.69) is 24.4 Å².